The monoisotopic (exact) mass is 332 g/mol. The zero-order chi connectivity index (χ0) is 15.8. The van der Waals surface area contributed by atoms with Crippen molar-refractivity contribution in [3.05, 3.63) is 21.4 Å². The van der Waals surface area contributed by atoms with Crippen LogP contribution in [-0.2, 0) is 0 Å². The molecule has 120 valence electrons. The van der Waals surface area contributed by atoms with Gasteiger partial charge in [0, 0.05) is 0 Å². The summed E-state index contributed by atoms with van der Waals surface area (Å²) >= 11 is 12.4. The number of hydrogen-bond donors (Lipinski definition) is 0. The molecule has 0 N–H and O–H groups in total. The van der Waals surface area contributed by atoms with Crippen LogP contribution in [-0.4, -0.2) is 36.1 Å². The highest BCUT2D eigenvalue weighted by Crippen LogP contribution is 2.36. The Morgan fingerprint density at radius 2 is 1.52 bits per heavy atom. The number of hydrogen-bond acceptors (Lipinski definition) is 3. The van der Waals surface area contributed by atoms with E-state index < -0.39 is 0 Å². The second-order valence-electron chi connectivity index (χ2n) is 5.18. The minimum Gasteiger partial charge on any atom is -0.490 e. The number of unbranched alkanes of at least 4 members (excludes halogenated alkanes) is 2. The van der Waals surface area contributed by atoms with Crippen LogP contribution < -0.4 is 4.74 Å². The van der Waals surface area contributed by atoms with E-state index in [9.17, 15) is 0 Å². The van der Waals surface area contributed by atoms with Gasteiger partial charge < -0.3 is 9.64 Å². The first kappa shape index (κ1) is 18.5. The van der Waals surface area contributed by atoms with Crippen LogP contribution in [0.4, 0.5) is 0 Å². The van der Waals surface area contributed by atoms with Gasteiger partial charge in [0.2, 0.25) is 0 Å². The van der Waals surface area contributed by atoms with Crippen molar-refractivity contribution in [3.63, 3.8) is 0 Å². The Morgan fingerprint density at radius 1 is 0.952 bits per heavy atom. The molecule has 0 aromatic carbocycles. The summed E-state index contributed by atoms with van der Waals surface area (Å²) in [5, 5.41) is 1.04. The maximum Gasteiger partial charge on any atom is 0.160 e. The molecule has 0 spiro atoms. The largest absolute Gasteiger partial charge is 0.490 e. The normalized spacial score (nSPS) is 11.2. The molecule has 1 aromatic rings. The number of pyridine rings is 1. The third-order valence-corrected chi connectivity index (χ3v) is 4.52. The van der Waals surface area contributed by atoms with Crippen LogP contribution in [0.2, 0.25) is 10.0 Å². The van der Waals surface area contributed by atoms with Crippen LogP contribution in [0.5, 0.6) is 5.75 Å². The summed E-state index contributed by atoms with van der Waals surface area (Å²) in [6, 6.07) is 0. The van der Waals surface area contributed by atoms with Gasteiger partial charge in [0.1, 0.15) is 10.0 Å². The van der Waals surface area contributed by atoms with Gasteiger partial charge in [0.05, 0.1) is 18.0 Å². The van der Waals surface area contributed by atoms with Crippen LogP contribution in [0.1, 0.15) is 44.5 Å². The van der Waals surface area contributed by atoms with E-state index in [2.05, 4.69) is 23.7 Å². The van der Waals surface area contributed by atoms with Gasteiger partial charge in [-0.1, -0.05) is 37.0 Å². The van der Waals surface area contributed by atoms with Gasteiger partial charge in [-0.15, -0.1) is 0 Å². The fraction of sp³-hybridized carbons (Fsp3) is 0.688. The number of halogens is 2. The standard InChI is InChI=1S/C16H26Cl2N2O/c1-5-20(6-2)10-8-7-9-11-21-16-14(17)12(3)19-13(4)15(16)18/h5-11H2,1-4H3. The lowest BCUT2D eigenvalue weighted by Crippen LogP contribution is -2.23. The summed E-state index contributed by atoms with van der Waals surface area (Å²) in [7, 11) is 0. The summed E-state index contributed by atoms with van der Waals surface area (Å²) in [4.78, 5) is 6.71. The van der Waals surface area contributed by atoms with E-state index in [4.69, 9.17) is 27.9 Å². The fourth-order valence-electron chi connectivity index (χ4n) is 2.23. The molecule has 1 aromatic heterocycles. The van der Waals surface area contributed by atoms with E-state index in [1.807, 2.05) is 13.8 Å². The van der Waals surface area contributed by atoms with Gasteiger partial charge in [-0.2, -0.15) is 0 Å². The Bertz CT molecular complexity index is 422. The molecule has 0 saturated carbocycles. The third kappa shape index (κ3) is 5.65. The van der Waals surface area contributed by atoms with E-state index in [1.165, 1.54) is 6.42 Å². The number of nitrogens with zero attached hydrogens (tertiary/aromatic N) is 2. The molecule has 3 nitrogen and oxygen atoms in total. The maximum absolute atomic E-state index is 6.21. The molecule has 0 bridgehead atoms. The SMILES string of the molecule is CCN(CC)CCCCCOc1c(Cl)c(C)nc(C)c1Cl. The minimum atomic E-state index is 0.522. The van der Waals surface area contributed by atoms with Crippen molar-refractivity contribution >= 4 is 23.2 Å². The first-order valence-electron chi connectivity index (χ1n) is 7.68. The predicted octanol–water partition coefficient (Wildman–Crippen LogP) is 4.90. The molecule has 21 heavy (non-hydrogen) atoms. The van der Waals surface area contributed by atoms with E-state index >= 15 is 0 Å². The van der Waals surface area contributed by atoms with E-state index in [-0.39, 0.29) is 0 Å². The van der Waals surface area contributed by atoms with Crippen molar-refractivity contribution in [1.29, 1.82) is 0 Å². The lowest BCUT2D eigenvalue weighted by Gasteiger charge is -2.17. The fourth-order valence-corrected chi connectivity index (χ4v) is 2.66. The topological polar surface area (TPSA) is 25.4 Å². The Balaban J connectivity index is 2.37. The van der Waals surface area contributed by atoms with Crippen molar-refractivity contribution < 1.29 is 4.74 Å². The summed E-state index contributed by atoms with van der Waals surface area (Å²) < 4.78 is 5.77. The average molecular weight is 333 g/mol. The van der Waals surface area contributed by atoms with Gasteiger partial charge in [0.25, 0.3) is 0 Å². The Labute approximate surface area is 138 Å². The molecule has 0 radical (unpaired) electrons. The smallest absolute Gasteiger partial charge is 0.160 e. The Kier molecular flexibility index (Phi) is 8.38. The molecule has 0 aliphatic rings. The molecule has 0 saturated heterocycles. The quantitative estimate of drug-likeness (QED) is 0.601. The molecule has 0 aliphatic heterocycles. The van der Waals surface area contributed by atoms with Crippen molar-refractivity contribution in [2.75, 3.05) is 26.2 Å². The lowest BCUT2D eigenvalue weighted by molar-refractivity contribution is 0.277. The molecule has 5 heteroatoms. The molecule has 0 unspecified atom stereocenters. The van der Waals surface area contributed by atoms with Crippen LogP contribution in [0, 0.1) is 13.8 Å². The Morgan fingerprint density at radius 3 is 2.05 bits per heavy atom. The minimum absolute atomic E-state index is 0.522. The molecule has 0 amide bonds. The van der Waals surface area contributed by atoms with Gasteiger partial charge in [-0.3, -0.25) is 4.98 Å². The zero-order valence-corrected chi connectivity index (χ0v) is 15.0. The van der Waals surface area contributed by atoms with Gasteiger partial charge in [-0.05, 0) is 52.7 Å². The van der Waals surface area contributed by atoms with Gasteiger partial charge in [0.15, 0.2) is 5.75 Å². The number of aromatic nitrogens is 1. The zero-order valence-electron chi connectivity index (χ0n) is 13.5. The van der Waals surface area contributed by atoms with Crippen LogP contribution in [0.25, 0.3) is 0 Å². The maximum atomic E-state index is 6.21. The third-order valence-electron chi connectivity index (χ3n) is 3.63. The molecule has 0 fully saturated rings. The molecule has 0 aliphatic carbocycles. The molecular formula is C16H26Cl2N2O. The highest BCUT2D eigenvalue weighted by atomic mass is 35.5. The van der Waals surface area contributed by atoms with Crippen molar-refractivity contribution in [2.45, 2.75) is 47.0 Å². The van der Waals surface area contributed by atoms with Crippen molar-refractivity contribution in [3.8, 4) is 5.75 Å². The molecular weight excluding hydrogens is 307 g/mol. The van der Waals surface area contributed by atoms with E-state index in [0.717, 1.165) is 43.9 Å². The second kappa shape index (κ2) is 9.50. The number of rotatable bonds is 9. The first-order chi connectivity index (χ1) is 10.0. The summed E-state index contributed by atoms with van der Waals surface area (Å²) in [6.45, 7) is 12.2. The highest BCUT2D eigenvalue weighted by Gasteiger charge is 2.14. The average Bonchev–Trinajstić information content (AvgIpc) is 2.47. The van der Waals surface area contributed by atoms with Crippen LogP contribution >= 0.6 is 23.2 Å². The molecule has 1 heterocycles. The summed E-state index contributed by atoms with van der Waals surface area (Å²) in [5.74, 6) is 0.576. The molecule has 1 rings (SSSR count). The van der Waals surface area contributed by atoms with Gasteiger partial charge in [-0.25, -0.2) is 0 Å². The lowest BCUT2D eigenvalue weighted by atomic mass is 10.2. The summed E-state index contributed by atoms with van der Waals surface area (Å²) in [6.07, 6.45) is 3.35. The summed E-state index contributed by atoms with van der Waals surface area (Å²) in [5.41, 5.74) is 1.52. The van der Waals surface area contributed by atoms with Crippen LogP contribution in [0.3, 0.4) is 0 Å². The number of ether oxygens (including phenoxy) is 1. The number of aryl methyl sites for hydroxylation is 2. The highest BCUT2D eigenvalue weighted by molar-refractivity contribution is 6.37. The van der Waals surface area contributed by atoms with E-state index in [0.29, 0.717) is 22.4 Å². The van der Waals surface area contributed by atoms with Gasteiger partial charge >= 0.3 is 0 Å². The van der Waals surface area contributed by atoms with E-state index in [1.54, 1.807) is 0 Å². The molecule has 0 atom stereocenters. The Hall–Kier alpha value is -0.510. The van der Waals surface area contributed by atoms with Crippen LogP contribution in [0.15, 0.2) is 0 Å². The van der Waals surface area contributed by atoms with Crippen molar-refractivity contribution in [2.24, 2.45) is 0 Å². The van der Waals surface area contributed by atoms with Crippen molar-refractivity contribution in [1.82, 2.24) is 9.88 Å². The predicted molar refractivity (Wildman–Crippen MR) is 90.9 cm³/mol. The second-order valence-corrected chi connectivity index (χ2v) is 5.93. The first-order valence-corrected chi connectivity index (χ1v) is 8.44.